The molecule has 0 saturated carbocycles. The number of hydrogen-bond acceptors (Lipinski definition) is 11. The van der Waals surface area contributed by atoms with Gasteiger partial charge in [-0.3, -0.25) is 14.8 Å². The van der Waals surface area contributed by atoms with Crippen molar-refractivity contribution in [2.75, 3.05) is 11.5 Å². The van der Waals surface area contributed by atoms with Gasteiger partial charge in [0, 0.05) is 23.5 Å². The number of thiazole rings is 2. The lowest BCUT2D eigenvalue weighted by Gasteiger charge is -2.06. The van der Waals surface area contributed by atoms with E-state index < -0.39 is 0 Å². The van der Waals surface area contributed by atoms with Crippen LogP contribution in [0.5, 0.6) is 0 Å². The monoisotopic (exact) mass is 512 g/mol. The number of nitrogens with zero attached hydrogens (tertiary/aromatic N) is 4. The second kappa shape index (κ2) is 8.87. The third-order valence-corrected chi connectivity index (χ3v) is 7.12. The normalized spacial score (nSPS) is 11.1. The smallest absolute Gasteiger partial charge is 0.193 e. The summed E-state index contributed by atoms with van der Waals surface area (Å²) in [6, 6.07) is 13.9. The Bertz CT molecular complexity index is 1560. The van der Waals surface area contributed by atoms with E-state index in [-0.39, 0.29) is 5.78 Å². The second-order valence-electron chi connectivity index (χ2n) is 7.60. The van der Waals surface area contributed by atoms with Gasteiger partial charge in [-0.15, -0.1) is 0 Å². The van der Waals surface area contributed by atoms with E-state index in [4.69, 9.17) is 20.3 Å². The van der Waals surface area contributed by atoms with E-state index in [0.29, 0.717) is 55.7 Å². The number of carbonyl (C=O) groups is 1. The first-order valence-corrected chi connectivity index (χ1v) is 12.3. The minimum Gasteiger partial charge on any atom is -0.463 e. The molecule has 0 saturated heterocycles. The minimum atomic E-state index is -0.184. The molecule has 0 spiro atoms. The van der Waals surface area contributed by atoms with Crippen molar-refractivity contribution in [1.29, 1.82) is 0 Å². The average Bonchev–Trinajstić information content (AvgIpc) is 3.70. The van der Waals surface area contributed by atoms with Crippen molar-refractivity contribution in [3.63, 3.8) is 0 Å². The van der Waals surface area contributed by atoms with Gasteiger partial charge in [0.15, 0.2) is 27.6 Å². The fraction of sp³-hybridized carbons (Fsp3) is 0. The van der Waals surface area contributed by atoms with E-state index in [9.17, 15) is 4.79 Å². The van der Waals surface area contributed by atoms with Crippen LogP contribution in [0.2, 0.25) is 0 Å². The molecule has 0 aliphatic heterocycles. The van der Waals surface area contributed by atoms with Crippen LogP contribution < -0.4 is 11.5 Å². The zero-order valence-corrected chi connectivity index (χ0v) is 20.0. The van der Waals surface area contributed by atoms with Crippen LogP contribution in [0.25, 0.3) is 44.1 Å². The molecule has 0 unspecified atom stereocenters. The van der Waals surface area contributed by atoms with E-state index in [1.54, 1.807) is 73.5 Å². The van der Waals surface area contributed by atoms with Crippen LogP contribution in [0, 0.1) is 0 Å². The maximum atomic E-state index is 13.5. The zero-order valence-electron chi connectivity index (χ0n) is 18.4. The number of ketones is 1. The number of nitrogens with two attached hydrogens (primary N) is 2. The largest absolute Gasteiger partial charge is 0.463 e. The lowest BCUT2D eigenvalue weighted by atomic mass is 10.0. The molecule has 0 radical (unpaired) electrons. The maximum absolute atomic E-state index is 13.5. The molecule has 0 fully saturated rings. The second-order valence-corrected chi connectivity index (χ2v) is 9.66. The molecule has 6 aromatic rings. The Kier molecular flexibility index (Phi) is 5.40. The van der Waals surface area contributed by atoms with Crippen molar-refractivity contribution in [2.24, 2.45) is 0 Å². The van der Waals surface area contributed by atoms with Crippen LogP contribution in [0.15, 0.2) is 82.3 Å². The number of aromatic nitrogens is 4. The van der Waals surface area contributed by atoms with Gasteiger partial charge in [-0.25, -0.2) is 9.97 Å². The van der Waals surface area contributed by atoms with E-state index in [0.717, 1.165) is 9.75 Å². The van der Waals surface area contributed by atoms with E-state index in [2.05, 4.69) is 19.9 Å². The molecule has 0 atom stereocenters. The molecule has 4 N–H and O–H groups in total. The van der Waals surface area contributed by atoms with Gasteiger partial charge < -0.3 is 20.3 Å². The van der Waals surface area contributed by atoms with Crippen molar-refractivity contribution >= 4 is 38.7 Å². The van der Waals surface area contributed by atoms with Crippen molar-refractivity contribution in [2.45, 2.75) is 0 Å². The third-order valence-electron chi connectivity index (χ3n) is 5.31. The average molecular weight is 513 g/mol. The highest BCUT2D eigenvalue weighted by molar-refractivity contribution is 7.19. The number of hydrogen-bond donors (Lipinski definition) is 2. The molecule has 0 bridgehead atoms. The fourth-order valence-electron chi connectivity index (χ4n) is 3.74. The van der Waals surface area contributed by atoms with Crippen molar-refractivity contribution in [3.05, 3.63) is 84.6 Å². The molecule has 0 aromatic carbocycles. The Morgan fingerprint density at radius 3 is 1.61 bits per heavy atom. The first-order valence-electron chi connectivity index (χ1n) is 10.6. The lowest BCUT2D eigenvalue weighted by molar-refractivity contribution is 0.103. The zero-order chi connectivity index (χ0) is 24.6. The highest BCUT2D eigenvalue weighted by Crippen LogP contribution is 2.39. The number of carbonyl (C=O) groups excluding carboxylic acids is 1. The van der Waals surface area contributed by atoms with Crippen LogP contribution in [0.3, 0.4) is 0 Å². The van der Waals surface area contributed by atoms with Gasteiger partial charge >= 0.3 is 0 Å². The van der Waals surface area contributed by atoms with Crippen molar-refractivity contribution in [3.8, 4) is 44.1 Å². The highest BCUT2D eigenvalue weighted by Gasteiger charge is 2.21. The van der Waals surface area contributed by atoms with Crippen LogP contribution in [-0.2, 0) is 0 Å². The fourth-order valence-corrected chi connectivity index (χ4v) is 5.35. The molecular formula is C25H16N6O3S2. The third kappa shape index (κ3) is 3.96. The Balaban J connectivity index is 1.37. The molecule has 6 rings (SSSR count). The van der Waals surface area contributed by atoms with E-state index in [1.807, 2.05) is 0 Å². The molecule has 0 amide bonds. The van der Waals surface area contributed by atoms with Crippen LogP contribution in [0.4, 0.5) is 10.3 Å². The molecule has 9 nitrogen and oxygen atoms in total. The summed E-state index contributed by atoms with van der Waals surface area (Å²) >= 11 is 2.56. The Morgan fingerprint density at radius 1 is 0.722 bits per heavy atom. The summed E-state index contributed by atoms with van der Waals surface area (Å²) < 4.78 is 11.0. The number of nitrogen functional groups attached to an aromatic ring is 2. The molecule has 0 aliphatic rings. The quantitative estimate of drug-likeness (QED) is 0.271. The number of furan rings is 2. The molecule has 176 valence electrons. The summed E-state index contributed by atoms with van der Waals surface area (Å²) in [5, 5.41) is 0.759. The number of anilines is 2. The molecule has 0 aliphatic carbocycles. The standard InChI is InChI=1S/C25H16N6O3S2/c26-24-30-19(17-3-1-9-33-17)22(35-24)15-11-13(5-7-28-15)21(32)14-6-8-29-16(12-14)23-20(31-25(27)36-23)18-4-2-10-34-18/h1-12H,(H2,26,30)(H2,27,31). The SMILES string of the molecule is Nc1nc(-c2ccco2)c(-c2cc(C(=O)c3ccnc(-c4sc(N)nc4-c4ccco4)c3)ccn2)s1. The molecule has 6 heterocycles. The summed E-state index contributed by atoms with van der Waals surface area (Å²) in [7, 11) is 0. The Hall–Kier alpha value is -4.61. The maximum Gasteiger partial charge on any atom is 0.193 e. The van der Waals surface area contributed by atoms with Crippen LogP contribution >= 0.6 is 22.7 Å². The van der Waals surface area contributed by atoms with Crippen molar-refractivity contribution in [1.82, 2.24) is 19.9 Å². The van der Waals surface area contributed by atoms with Crippen molar-refractivity contribution < 1.29 is 13.6 Å². The molecule has 11 heteroatoms. The molecular weight excluding hydrogens is 496 g/mol. The van der Waals surface area contributed by atoms with Gasteiger partial charge in [0.25, 0.3) is 0 Å². The topological polar surface area (TPSA) is 147 Å². The van der Waals surface area contributed by atoms with Gasteiger partial charge in [0.05, 0.1) is 33.7 Å². The molecule has 36 heavy (non-hydrogen) atoms. The van der Waals surface area contributed by atoms with Gasteiger partial charge in [0.2, 0.25) is 0 Å². The predicted molar refractivity (Wildman–Crippen MR) is 138 cm³/mol. The van der Waals surface area contributed by atoms with Gasteiger partial charge in [-0.2, -0.15) is 0 Å². The summed E-state index contributed by atoms with van der Waals surface area (Å²) in [6.45, 7) is 0. The first-order chi connectivity index (χ1) is 17.6. The van der Waals surface area contributed by atoms with E-state index in [1.165, 1.54) is 22.7 Å². The summed E-state index contributed by atoms with van der Waals surface area (Å²) in [5.74, 6) is 0.967. The van der Waals surface area contributed by atoms with Crippen LogP contribution in [0.1, 0.15) is 15.9 Å². The summed E-state index contributed by atoms with van der Waals surface area (Å²) in [4.78, 5) is 32.6. The predicted octanol–water partition coefficient (Wildman–Crippen LogP) is 5.64. The van der Waals surface area contributed by atoms with E-state index >= 15 is 0 Å². The van der Waals surface area contributed by atoms with Gasteiger partial charge in [-0.05, 0) is 48.5 Å². The van der Waals surface area contributed by atoms with Crippen LogP contribution in [-0.4, -0.2) is 25.7 Å². The summed E-state index contributed by atoms with van der Waals surface area (Å²) in [5.41, 5.74) is 15.2. The number of pyridine rings is 2. The Labute approximate surface area is 212 Å². The van der Waals surface area contributed by atoms with Gasteiger partial charge in [0.1, 0.15) is 11.4 Å². The number of rotatable bonds is 6. The highest BCUT2D eigenvalue weighted by atomic mass is 32.1. The lowest BCUT2D eigenvalue weighted by Crippen LogP contribution is -2.03. The first kappa shape index (κ1) is 21.9. The Morgan fingerprint density at radius 2 is 1.19 bits per heavy atom. The van der Waals surface area contributed by atoms with Gasteiger partial charge in [-0.1, -0.05) is 22.7 Å². The summed E-state index contributed by atoms with van der Waals surface area (Å²) in [6.07, 6.45) is 6.31. The minimum absolute atomic E-state index is 0.184. The molecule has 6 aromatic heterocycles.